The average molecular weight is 424 g/mol. The van der Waals surface area contributed by atoms with Gasteiger partial charge in [0.05, 0.1) is 12.8 Å². The largest absolute Gasteiger partial charge is 0.466 e. The summed E-state index contributed by atoms with van der Waals surface area (Å²) >= 11 is 0. The number of nitrogens with zero attached hydrogens (tertiary/aromatic N) is 3. The standard InChI is InChI=1S/C21H37N5O4/c1-6-22-18(24-16-21(5,28)17-8-7-15-29-17)23-9-10-25-11-13-26(14-12-25)19(27)30-20(2,3)4/h7-8,15,28H,6,9-14,16H2,1-5H3,(H2,22,23,24). The minimum atomic E-state index is -1.16. The van der Waals surface area contributed by atoms with Gasteiger partial charge in [-0.3, -0.25) is 4.90 Å². The van der Waals surface area contributed by atoms with Crippen molar-refractivity contribution in [3.8, 4) is 0 Å². The van der Waals surface area contributed by atoms with Gasteiger partial charge in [-0.25, -0.2) is 9.79 Å². The first-order chi connectivity index (χ1) is 14.1. The van der Waals surface area contributed by atoms with Crippen LogP contribution in [0.4, 0.5) is 4.79 Å². The number of aliphatic hydroxyl groups is 1. The molecule has 1 atom stereocenters. The SMILES string of the molecule is CCNC(=NCC(C)(O)c1ccco1)NCCN1CCN(C(=O)OC(C)(C)C)CC1. The zero-order valence-corrected chi connectivity index (χ0v) is 18.9. The minimum Gasteiger partial charge on any atom is -0.466 e. The fourth-order valence-corrected chi connectivity index (χ4v) is 3.05. The van der Waals surface area contributed by atoms with Crippen LogP contribution in [0.15, 0.2) is 27.8 Å². The molecule has 1 amide bonds. The molecule has 0 aromatic carbocycles. The predicted molar refractivity (Wildman–Crippen MR) is 117 cm³/mol. The first kappa shape index (κ1) is 24.0. The van der Waals surface area contributed by atoms with Crippen molar-refractivity contribution >= 4 is 12.1 Å². The minimum absolute atomic E-state index is 0.185. The second kappa shape index (κ2) is 10.7. The summed E-state index contributed by atoms with van der Waals surface area (Å²) < 4.78 is 10.7. The van der Waals surface area contributed by atoms with Gasteiger partial charge in [0.25, 0.3) is 0 Å². The molecule has 3 N–H and O–H groups in total. The lowest BCUT2D eigenvalue weighted by Crippen LogP contribution is -2.51. The number of guanidine groups is 1. The number of rotatable bonds is 7. The van der Waals surface area contributed by atoms with Gasteiger partial charge in [-0.1, -0.05) is 0 Å². The third-order valence-corrected chi connectivity index (χ3v) is 4.69. The summed E-state index contributed by atoms with van der Waals surface area (Å²) in [7, 11) is 0. The number of piperazine rings is 1. The fraction of sp³-hybridized carbons (Fsp3) is 0.714. The first-order valence-corrected chi connectivity index (χ1v) is 10.6. The fourth-order valence-electron chi connectivity index (χ4n) is 3.05. The lowest BCUT2D eigenvalue weighted by atomic mass is 10.0. The van der Waals surface area contributed by atoms with Crippen LogP contribution in [0.5, 0.6) is 0 Å². The highest BCUT2D eigenvalue weighted by molar-refractivity contribution is 5.79. The molecule has 170 valence electrons. The van der Waals surface area contributed by atoms with Crippen molar-refractivity contribution in [1.29, 1.82) is 0 Å². The van der Waals surface area contributed by atoms with E-state index < -0.39 is 11.2 Å². The molecule has 0 radical (unpaired) electrons. The van der Waals surface area contributed by atoms with Gasteiger partial charge in [0, 0.05) is 45.8 Å². The Morgan fingerprint density at radius 2 is 1.93 bits per heavy atom. The van der Waals surface area contributed by atoms with Crippen molar-refractivity contribution in [2.75, 3.05) is 52.4 Å². The van der Waals surface area contributed by atoms with E-state index in [2.05, 4.69) is 20.5 Å². The number of hydrogen-bond acceptors (Lipinski definition) is 6. The summed E-state index contributed by atoms with van der Waals surface area (Å²) in [4.78, 5) is 20.7. The molecule has 30 heavy (non-hydrogen) atoms. The van der Waals surface area contributed by atoms with Crippen molar-refractivity contribution in [3.63, 3.8) is 0 Å². The molecule has 0 bridgehead atoms. The van der Waals surface area contributed by atoms with Crippen molar-refractivity contribution < 1.29 is 19.1 Å². The van der Waals surface area contributed by atoms with E-state index >= 15 is 0 Å². The Kier molecular flexibility index (Phi) is 8.54. The molecule has 0 saturated carbocycles. The molecule has 0 spiro atoms. The number of carbonyl (C=O) groups excluding carboxylic acids is 1. The molecule has 9 heteroatoms. The van der Waals surface area contributed by atoms with Crippen molar-refractivity contribution in [1.82, 2.24) is 20.4 Å². The molecule has 1 aromatic rings. The summed E-state index contributed by atoms with van der Waals surface area (Å²) in [5, 5.41) is 17.0. The van der Waals surface area contributed by atoms with Crippen molar-refractivity contribution in [2.45, 2.75) is 45.8 Å². The number of aliphatic imine (C=N–C) groups is 1. The number of ether oxygens (including phenoxy) is 1. The molecule has 1 aromatic heterocycles. The Labute approximate surface area is 179 Å². The van der Waals surface area contributed by atoms with Gasteiger partial charge in [-0.05, 0) is 46.8 Å². The molecule has 2 rings (SSSR count). The van der Waals surface area contributed by atoms with Crippen LogP contribution < -0.4 is 10.6 Å². The summed E-state index contributed by atoms with van der Waals surface area (Å²) in [6, 6.07) is 3.49. The summed E-state index contributed by atoms with van der Waals surface area (Å²) in [5.41, 5.74) is -1.63. The maximum Gasteiger partial charge on any atom is 0.410 e. The highest BCUT2D eigenvalue weighted by Crippen LogP contribution is 2.21. The van der Waals surface area contributed by atoms with Crippen LogP contribution in [-0.2, 0) is 10.3 Å². The molecule has 1 saturated heterocycles. The molecule has 1 aliphatic rings. The molecular weight excluding hydrogens is 386 g/mol. The van der Waals surface area contributed by atoms with E-state index in [-0.39, 0.29) is 12.6 Å². The third-order valence-electron chi connectivity index (χ3n) is 4.69. The second-order valence-electron chi connectivity index (χ2n) is 8.68. The molecular formula is C21H37N5O4. The number of amides is 1. The van der Waals surface area contributed by atoms with Crippen molar-refractivity contribution in [2.24, 2.45) is 4.99 Å². The monoisotopic (exact) mass is 423 g/mol. The van der Waals surface area contributed by atoms with Gasteiger partial charge in [-0.15, -0.1) is 0 Å². The lowest BCUT2D eigenvalue weighted by molar-refractivity contribution is 0.0147. The van der Waals surface area contributed by atoms with Crippen molar-refractivity contribution in [3.05, 3.63) is 24.2 Å². The van der Waals surface area contributed by atoms with Crippen LogP contribution in [0.25, 0.3) is 0 Å². The zero-order valence-electron chi connectivity index (χ0n) is 18.9. The smallest absolute Gasteiger partial charge is 0.410 e. The summed E-state index contributed by atoms with van der Waals surface area (Å²) in [5.74, 6) is 1.14. The van der Waals surface area contributed by atoms with Crippen LogP contribution in [0.1, 0.15) is 40.4 Å². The maximum absolute atomic E-state index is 12.2. The van der Waals surface area contributed by atoms with E-state index in [9.17, 15) is 9.90 Å². The van der Waals surface area contributed by atoms with E-state index in [0.717, 1.165) is 26.2 Å². The first-order valence-electron chi connectivity index (χ1n) is 10.6. The van der Waals surface area contributed by atoms with Crippen LogP contribution in [-0.4, -0.2) is 84.9 Å². The Hall–Kier alpha value is -2.26. The van der Waals surface area contributed by atoms with E-state index in [4.69, 9.17) is 9.15 Å². The Balaban J connectivity index is 1.75. The molecule has 0 aliphatic carbocycles. The molecule has 1 unspecified atom stereocenters. The van der Waals surface area contributed by atoms with E-state index in [0.29, 0.717) is 31.4 Å². The highest BCUT2D eigenvalue weighted by atomic mass is 16.6. The van der Waals surface area contributed by atoms with Crippen LogP contribution in [0.2, 0.25) is 0 Å². The van der Waals surface area contributed by atoms with Gasteiger partial charge in [0.15, 0.2) is 5.96 Å². The molecule has 1 aliphatic heterocycles. The Morgan fingerprint density at radius 1 is 1.23 bits per heavy atom. The topological polar surface area (TPSA) is 103 Å². The van der Waals surface area contributed by atoms with Gasteiger partial charge in [0.1, 0.15) is 17.0 Å². The number of carbonyl (C=O) groups is 1. The number of furan rings is 1. The van der Waals surface area contributed by atoms with Crippen LogP contribution >= 0.6 is 0 Å². The lowest BCUT2D eigenvalue weighted by Gasteiger charge is -2.35. The van der Waals surface area contributed by atoms with Gasteiger partial charge in [0.2, 0.25) is 0 Å². The van der Waals surface area contributed by atoms with E-state index in [1.807, 2.05) is 27.7 Å². The number of hydrogen-bond donors (Lipinski definition) is 3. The average Bonchev–Trinajstić information content (AvgIpc) is 3.21. The predicted octanol–water partition coefficient (Wildman–Crippen LogP) is 1.59. The highest BCUT2D eigenvalue weighted by Gasteiger charge is 2.27. The molecule has 1 fully saturated rings. The zero-order chi connectivity index (χ0) is 22.2. The maximum atomic E-state index is 12.2. The van der Waals surface area contributed by atoms with Gasteiger partial charge < -0.3 is 29.8 Å². The number of nitrogens with one attached hydrogen (secondary N) is 2. The van der Waals surface area contributed by atoms with E-state index in [1.54, 1.807) is 30.2 Å². The van der Waals surface area contributed by atoms with Crippen LogP contribution in [0.3, 0.4) is 0 Å². The Morgan fingerprint density at radius 3 is 2.50 bits per heavy atom. The quantitative estimate of drug-likeness (QED) is 0.452. The van der Waals surface area contributed by atoms with E-state index in [1.165, 1.54) is 0 Å². The van der Waals surface area contributed by atoms with Crippen LogP contribution in [0, 0.1) is 0 Å². The molecule has 2 heterocycles. The third kappa shape index (κ3) is 7.87. The van der Waals surface area contributed by atoms with Gasteiger partial charge in [-0.2, -0.15) is 0 Å². The summed E-state index contributed by atoms with van der Waals surface area (Å²) in [6.45, 7) is 14.7. The second-order valence-corrected chi connectivity index (χ2v) is 8.68. The van der Waals surface area contributed by atoms with Gasteiger partial charge >= 0.3 is 6.09 Å². The summed E-state index contributed by atoms with van der Waals surface area (Å²) in [6.07, 6.45) is 1.30. The molecule has 9 nitrogen and oxygen atoms in total. The Bertz CT molecular complexity index is 674. The normalized spacial score (nSPS) is 18.1.